The van der Waals surface area contributed by atoms with Gasteiger partial charge in [-0.1, -0.05) is 42.5 Å². The molecule has 0 aliphatic heterocycles. The fourth-order valence-corrected chi connectivity index (χ4v) is 3.08. The largest absolute Gasteiger partial charge is 0.497 e. The SMILES string of the molecule is COc1ccc(-n2nnnc2CNC(=O)NCc2cccc3ccccc23)cc1. The summed E-state index contributed by atoms with van der Waals surface area (Å²) in [6.07, 6.45) is 0. The Kier molecular flexibility index (Phi) is 5.33. The molecule has 0 fully saturated rings. The summed E-state index contributed by atoms with van der Waals surface area (Å²) in [5.41, 5.74) is 1.84. The first-order chi connectivity index (χ1) is 14.2. The molecule has 2 N–H and O–H groups in total. The second kappa shape index (κ2) is 8.39. The molecule has 1 aromatic heterocycles. The van der Waals surface area contributed by atoms with Crippen LogP contribution in [0.5, 0.6) is 5.75 Å². The van der Waals surface area contributed by atoms with Crippen molar-refractivity contribution in [2.24, 2.45) is 0 Å². The van der Waals surface area contributed by atoms with Gasteiger partial charge in [-0.25, -0.2) is 4.79 Å². The zero-order chi connectivity index (χ0) is 20.1. The zero-order valence-corrected chi connectivity index (χ0v) is 15.9. The molecule has 1 heterocycles. The van der Waals surface area contributed by atoms with Crippen LogP contribution in [-0.2, 0) is 13.1 Å². The average Bonchev–Trinajstić information content (AvgIpc) is 3.25. The summed E-state index contributed by atoms with van der Waals surface area (Å²) in [5, 5.41) is 19.6. The molecule has 146 valence electrons. The average molecular weight is 388 g/mol. The molecule has 2 amide bonds. The van der Waals surface area contributed by atoms with E-state index in [0.29, 0.717) is 12.4 Å². The van der Waals surface area contributed by atoms with Crippen molar-refractivity contribution < 1.29 is 9.53 Å². The third-order valence-corrected chi connectivity index (χ3v) is 4.58. The van der Waals surface area contributed by atoms with E-state index in [1.165, 1.54) is 0 Å². The van der Waals surface area contributed by atoms with E-state index < -0.39 is 0 Å². The summed E-state index contributed by atoms with van der Waals surface area (Å²) in [4.78, 5) is 12.3. The highest BCUT2D eigenvalue weighted by Crippen LogP contribution is 2.18. The smallest absolute Gasteiger partial charge is 0.315 e. The van der Waals surface area contributed by atoms with Crippen molar-refractivity contribution in [3.63, 3.8) is 0 Å². The van der Waals surface area contributed by atoms with E-state index in [9.17, 15) is 4.79 Å². The van der Waals surface area contributed by atoms with Crippen molar-refractivity contribution in [1.82, 2.24) is 30.8 Å². The van der Waals surface area contributed by atoms with Crippen LogP contribution in [0, 0.1) is 0 Å². The fraction of sp³-hybridized carbons (Fsp3) is 0.143. The van der Waals surface area contributed by atoms with Crippen LogP contribution in [0.15, 0.2) is 66.7 Å². The van der Waals surface area contributed by atoms with E-state index in [4.69, 9.17) is 4.74 Å². The lowest BCUT2D eigenvalue weighted by Gasteiger charge is -2.10. The van der Waals surface area contributed by atoms with Gasteiger partial charge >= 0.3 is 6.03 Å². The maximum absolute atomic E-state index is 12.3. The second-order valence-corrected chi connectivity index (χ2v) is 6.38. The highest BCUT2D eigenvalue weighted by molar-refractivity contribution is 5.86. The predicted octanol–water partition coefficient (Wildman–Crippen LogP) is 2.82. The van der Waals surface area contributed by atoms with Crippen molar-refractivity contribution in [2.45, 2.75) is 13.1 Å². The third-order valence-electron chi connectivity index (χ3n) is 4.58. The Balaban J connectivity index is 1.37. The van der Waals surface area contributed by atoms with Gasteiger partial charge < -0.3 is 15.4 Å². The van der Waals surface area contributed by atoms with Crippen molar-refractivity contribution >= 4 is 16.8 Å². The maximum atomic E-state index is 12.3. The number of tetrazole rings is 1. The van der Waals surface area contributed by atoms with Crippen LogP contribution in [0.4, 0.5) is 4.79 Å². The summed E-state index contributed by atoms with van der Waals surface area (Å²) in [7, 11) is 1.61. The monoisotopic (exact) mass is 388 g/mol. The molecule has 8 heteroatoms. The van der Waals surface area contributed by atoms with E-state index in [0.717, 1.165) is 27.8 Å². The Morgan fingerprint density at radius 1 is 0.966 bits per heavy atom. The van der Waals surface area contributed by atoms with Crippen LogP contribution in [0.1, 0.15) is 11.4 Å². The number of amides is 2. The molecule has 4 rings (SSSR count). The number of nitrogens with one attached hydrogen (secondary N) is 2. The molecule has 0 atom stereocenters. The minimum atomic E-state index is -0.290. The predicted molar refractivity (Wildman–Crippen MR) is 109 cm³/mol. The van der Waals surface area contributed by atoms with Crippen LogP contribution in [-0.4, -0.2) is 33.3 Å². The van der Waals surface area contributed by atoms with Crippen LogP contribution >= 0.6 is 0 Å². The standard InChI is InChI=1S/C21H20N6O2/c1-29-18-11-9-17(10-12-18)27-20(24-25-26-27)14-23-21(28)22-13-16-7-4-6-15-5-2-3-8-19(15)16/h2-12H,13-14H2,1H3,(H2,22,23,28). The Hall–Kier alpha value is -3.94. The molecule has 0 radical (unpaired) electrons. The van der Waals surface area contributed by atoms with Crippen LogP contribution in [0.3, 0.4) is 0 Å². The number of fused-ring (bicyclic) bond motifs is 1. The number of methoxy groups -OCH3 is 1. The van der Waals surface area contributed by atoms with Gasteiger partial charge in [-0.15, -0.1) is 5.10 Å². The quantitative estimate of drug-likeness (QED) is 0.530. The third kappa shape index (κ3) is 4.16. The number of ether oxygens (including phenoxy) is 1. The molecule has 0 saturated heterocycles. The van der Waals surface area contributed by atoms with E-state index >= 15 is 0 Å². The van der Waals surface area contributed by atoms with Gasteiger partial charge in [0, 0.05) is 6.54 Å². The van der Waals surface area contributed by atoms with E-state index in [-0.39, 0.29) is 12.6 Å². The Labute approximate surface area is 167 Å². The van der Waals surface area contributed by atoms with Gasteiger partial charge in [-0.3, -0.25) is 0 Å². The number of nitrogens with zero attached hydrogens (tertiary/aromatic N) is 4. The summed E-state index contributed by atoms with van der Waals surface area (Å²) >= 11 is 0. The summed E-state index contributed by atoms with van der Waals surface area (Å²) in [6.45, 7) is 0.622. The number of hydrogen-bond donors (Lipinski definition) is 2. The molecular formula is C21H20N6O2. The molecular weight excluding hydrogens is 368 g/mol. The van der Waals surface area contributed by atoms with Crippen molar-refractivity contribution in [3.05, 3.63) is 78.1 Å². The van der Waals surface area contributed by atoms with Gasteiger partial charge in [0.1, 0.15) is 5.75 Å². The fourth-order valence-electron chi connectivity index (χ4n) is 3.08. The minimum absolute atomic E-state index is 0.195. The van der Waals surface area contributed by atoms with Gasteiger partial charge in [0.15, 0.2) is 5.82 Å². The maximum Gasteiger partial charge on any atom is 0.315 e. The van der Waals surface area contributed by atoms with Crippen molar-refractivity contribution in [2.75, 3.05) is 7.11 Å². The minimum Gasteiger partial charge on any atom is -0.497 e. The number of benzene rings is 3. The summed E-state index contributed by atoms with van der Waals surface area (Å²) in [6, 6.07) is 21.2. The van der Waals surface area contributed by atoms with Crippen LogP contribution in [0.25, 0.3) is 16.5 Å². The molecule has 0 bridgehead atoms. The number of carbonyl (C=O) groups excluding carboxylic acids is 1. The molecule has 4 aromatic rings. The van der Waals surface area contributed by atoms with Gasteiger partial charge in [0.25, 0.3) is 0 Å². The first-order valence-corrected chi connectivity index (χ1v) is 9.14. The number of aromatic nitrogens is 4. The first kappa shape index (κ1) is 18.4. The lowest BCUT2D eigenvalue weighted by atomic mass is 10.0. The molecule has 29 heavy (non-hydrogen) atoms. The normalized spacial score (nSPS) is 10.7. The topological polar surface area (TPSA) is 94.0 Å². The molecule has 0 spiro atoms. The highest BCUT2D eigenvalue weighted by Gasteiger charge is 2.10. The number of urea groups is 1. The summed E-state index contributed by atoms with van der Waals surface area (Å²) < 4.78 is 6.73. The number of carbonyl (C=O) groups is 1. The van der Waals surface area contributed by atoms with Gasteiger partial charge in [-0.05, 0) is 51.0 Å². The van der Waals surface area contributed by atoms with Crippen molar-refractivity contribution in [1.29, 1.82) is 0 Å². The van der Waals surface area contributed by atoms with Gasteiger partial charge in [0.05, 0.1) is 19.3 Å². The number of hydrogen-bond acceptors (Lipinski definition) is 5. The highest BCUT2D eigenvalue weighted by atomic mass is 16.5. The van der Waals surface area contributed by atoms with Crippen LogP contribution < -0.4 is 15.4 Å². The molecule has 0 unspecified atom stereocenters. The van der Waals surface area contributed by atoms with Crippen molar-refractivity contribution in [3.8, 4) is 11.4 Å². The van der Waals surface area contributed by atoms with E-state index in [1.807, 2.05) is 54.6 Å². The molecule has 3 aromatic carbocycles. The van der Waals surface area contributed by atoms with E-state index in [2.05, 4.69) is 38.3 Å². The molecule has 0 aliphatic rings. The molecule has 0 aliphatic carbocycles. The first-order valence-electron chi connectivity index (χ1n) is 9.14. The Bertz CT molecular complexity index is 1120. The molecule has 0 saturated carbocycles. The second-order valence-electron chi connectivity index (χ2n) is 6.38. The Morgan fingerprint density at radius 3 is 2.55 bits per heavy atom. The van der Waals surface area contributed by atoms with E-state index in [1.54, 1.807) is 11.8 Å². The molecule has 8 nitrogen and oxygen atoms in total. The van der Waals surface area contributed by atoms with Gasteiger partial charge in [-0.2, -0.15) is 4.68 Å². The zero-order valence-electron chi connectivity index (χ0n) is 15.9. The Morgan fingerprint density at radius 2 is 1.72 bits per heavy atom. The van der Waals surface area contributed by atoms with Crippen LogP contribution in [0.2, 0.25) is 0 Å². The lowest BCUT2D eigenvalue weighted by Crippen LogP contribution is -2.35. The summed E-state index contributed by atoms with van der Waals surface area (Å²) in [5.74, 6) is 1.27. The number of rotatable bonds is 6. The lowest BCUT2D eigenvalue weighted by molar-refractivity contribution is 0.240. The van der Waals surface area contributed by atoms with Gasteiger partial charge in [0.2, 0.25) is 0 Å².